The summed E-state index contributed by atoms with van der Waals surface area (Å²) < 4.78 is 0. The predicted molar refractivity (Wildman–Crippen MR) is 59.1 cm³/mol. The van der Waals surface area contributed by atoms with Gasteiger partial charge in [-0.25, -0.2) is 0 Å². The largest absolute Gasteiger partial charge is 0.316 e. The van der Waals surface area contributed by atoms with Crippen molar-refractivity contribution in [1.29, 1.82) is 0 Å². The van der Waals surface area contributed by atoms with E-state index >= 15 is 0 Å². The molecule has 14 heavy (non-hydrogen) atoms. The van der Waals surface area contributed by atoms with Crippen LogP contribution in [0, 0.1) is 23.7 Å². The van der Waals surface area contributed by atoms with Crippen LogP contribution in [-0.2, 0) is 0 Å². The third-order valence-electron chi connectivity index (χ3n) is 5.10. The van der Waals surface area contributed by atoms with E-state index in [0.717, 1.165) is 23.7 Å². The molecule has 0 radical (unpaired) electrons. The molecule has 0 aromatic rings. The summed E-state index contributed by atoms with van der Waals surface area (Å²) in [5.74, 6) is 4.37. The zero-order valence-electron chi connectivity index (χ0n) is 9.17. The summed E-state index contributed by atoms with van der Waals surface area (Å²) in [5, 5.41) is 3.62. The van der Waals surface area contributed by atoms with E-state index in [1.165, 1.54) is 32.4 Å². The molecule has 2 saturated carbocycles. The first-order valence-electron chi connectivity index (χ1n) is 6.66. The highest BCUT2D eigenvalue weighted by molar-refractivity contribution is 4.92. The molecule has 1 nitrogen and oxygen atoms in total. The van der Waals surface area contributed by atoms with E-state index in [4.69, 9.17) is 0 Å². The van der Waals surface area contributed by atoms with Crippen LogP contribution in [0.15, 0.2) is 0 Å². The second-order valence-electron chi connectivity index (χ2n) is 5.70. The molecule has 0 spiro atoms. The van der Waals surface area contributed by atoms with Gasteiger partial charge in [-0.15, -0.1) is 0 Å². The van der Waals surface area contributed by atoms with Crippen molar-refractivity contribution < 1.29 is 0 Å². The Morgan fingerprint density at radius 3 is 2.43 bits per heavy atom. The van der Waals surface area contributed by atoms with Crippen LogP contribution in [0.3, 0.4) is 0 Å². The third kappa shape index (κ3) is 1.50. The fourth-order valence-corrected chi connectivity index (χ4v) is 4.38. The van der Waals surface area contributed by atoms with E-state index in [1.807, 2.05) is 0 Å². The average Bonchev–Trinajstić information content (AvgIpc) is 2.29. The standard InChI is InChI=1S/C13H23N/c1-2-4-12-10(3-1)5-6-11-7-8-14-9-13(11)12/h10-14H,1-9H2. The summed E-state index contributed by atoms with van der Waals surface area (Å²) >= 11 is 0. The Morgan fingerprint density at radius 1 is 0.714 bits per heavy atom. The highest BCUT2D eigenvalue weighted by Gasteiger charge is 2.40. The summed E-state index contributed by atoms with van der Waals surface area (Å²) in [6.45, 7) is 2.63. The van der Waals surface area contributed by atoms with Crippen molar-refractivity contribution in [1.82, 2.24) is 5.32 Å². The van der Waals surface area contributed by atoms with E-state index in [0.29, 0.717) is 0 Å². The minimum atomic E-state index is 1.06. The van der Waals surface area contributed by atoms with Crippen molar-refractivity contribution >= 4 is 0 Å². The highest BCUT2D eigenvalue weighted by atomic mass is 14.9. The minimum Gasteiger partial charge on any atom is -0.316 e. The molecule has 0 aromatic heterocycles. The molecule has 1 N–H and O–H groups in total. The van der Waals surface area contributed by atoms with Crippen LogP contribution in [0.1, 0.15) is 44.9 Å². The number of nitrogens with one attached hydrogen (secondary N) is 1. The van der Waals surface area contributed by atoms with Gasteiger partial charge >= 0.3 is 0 Å². The number of rotatable bonds is 0. The fourth-order valence-electron chi connectivity index (χ4n) is 4.38. The van der Waals surface area contributed by atoms with Gasteiger partial charge in [0, 0.05) is 0 Å². The van der Waals surface area contributed by atoms with Gasteiger partial charge in [0.05, 0.1) is 0 Å². The molecule has 0 amide bonds. The Balaban J connectivity index is 1.74. The van der Waals surface area contributed by atoms with Gasteiger partial charge in [-0.1, -0.05) is 19.3 Å². The lowest BCUT2D eigenvalue weighted by molar-refractivity contribution is 0.0366. The molecule has 0 bridgehead atoms. The van der Waals surface area contributed by atoms with Crippen LogP contribution in [-0.4, -0.2) is 13.1 Å². The molecule has 4 atom stereocenters. The lowest BCUT2D eigenvalue weighted by Gasteiger charge is -2.48. The lowest BCUT2D eigenvalue weighted by Crippen LogP contribution is -2.46. The summed E-state index contributed by atoms with van der Waals surface area (Å²) in [6.07, 6.45) is 10.7. The van der Waals surface area contributed by atoms with Crippen LogP contribution in [0.2, 0.25) is 0 Å². The van der Waals surface area contributed by atoms with Crippen molar-refractivity contribution in [3.63, 3.8) is 0 Å². The van der Waals surface area contributed by atoms with E-state index in [2.05, 4.69) is 5.32 Å². The second-order valence-corrected chi connectivity index (χ2v) is 5.70. The van der Waals surface area contributed by atoms with Gasteiger partial charge in [-0.05, 0) is 62.4 Å². The van der Waals surface area contributed by atoms with E-state index in [1.54, 1.807) is 25.7 Å². The van der Waals surface area contributed by atoms with Gasteiger partial charge < -0.3 is 5.32 Å². The molecule has 80 valence electrons. The Bertz CT molecular complexity index is 179. The molecule has 1 heteroatoms. The van der Waals surface area contributed by atoms with Crippen molar-refractivity contribution in [2.45, 2.75) is 44.9 Å². The number of piperidine rings is 1. The molecule has 0 aromatic carbocycles. The second kappa shape index (κ2) is 3.84. The van der Waals surface area contributed by atoms with E-state index in [9.17, 15) is 0 Å². The SMILES string of the molecule is C1CCC2C(C1)CCC1CCNCC12. The molecule has 1 aliphatic heterocycles. The van der Waals surface area contributed by atoms with Gasteiger partial charge in [-0.3, -0.25) is 0 Å². The van der Waals surface area contributed by atoms with Crippen LogP contribution < -0.4 is 5.32 Å². The normalized spacial score (nSPS) is 48.0. The zero-order chi connectivity index (χ0) is 9.38. The Hall–Kier alpha value is -0.0400. The van der Waals surface area contributed by atoms with Gasteiger partial charge in [0.2, 0.25) is 0 Å². The smallest absolute Gasteiger partial charge is 0.00151 e. The van der Waals surface area contributed by atoms with Crippen molar-refractivity contribution in [2.24, 2.45) is 23.7 Å². The Kier molecular flexibility index (Phi) is 2.53. The van der Waals surface area contributed by atoms with Crippen LogP contribution >= 0.6 is 0 Å². The zero-order valence-corrected chi connectivity index (χ0v) is 9.17. The van der Waals surface area contributed by atoms with Gasteiger partial charge in [0.15, 0.2) is 0 Å². The van der Waals surface area contributed by atoms with Crippen molar-refractivity contribution in [3.05, 3.63) is 0 Å². The van der Waals surface area contributed by atoms with Gasteiger partial charge in [-0.2, -0.15) is 0 Å². The molecular weight excluding hydrogens is 170 g/mol. The monoisotopic (exact) mass is 193 g/mol. The van der Waals surface area contributed by atoms with E-state index in [-0.39, 0.29) is 0 Å². The average molecular weight is 193 g/mol. The van der Waals surface area contributed by atoms with Gasteiger partial charge in [0.25, 0.3) is 0 Å². The maximum atomic E-state index is 3.62. The number of hydrogen-bond acceptors (Lipinski definition) is 1. The molecular formula is C13H23N. The molecule has 1 heterocycles. The molecule has 3 fully saturated rings. The molecule has 3 rings (SSSR count). The maximum absolute atomic E-state index is 3.62. The van der Waals surface area contributed by atoms with Gasteiger partial charge in [0.1, 0.15) is 0 Å². The number of fused-ring (bicyclic) bond motifs is 3. The minimum absolute atomic E-state index is 1.06. The van der Waals surface area contributed by atoms with Crippen molar-refractivity contribution in [3.8, 4) is 0 Å². The van der Waals surface area contributed by atoms with Crippen LogP contribution in [0.25, 0.3) is 0 Å². The lowest BCUT2D eigenvalue weighted by atomic mass is 9.60. The molecule has 2 aliphatic carbocycles. The molecule has 1 saturated heterocycles. The maximum Gasteiger partial charge on any atom is -0.00151 e. The number of hydrogen-bond donors (Lipinski definition) is 1. The predicted octanol–water partition coefficient (Wildman–Crippen LogP) is 2.81. The van der Waals surface area contributed by atoms with Crippen molar-refractivity contribution in [2.75, 3.05) is 13.1 Å². The highest BCUT2D eigenvalue weighted by Crippen LogP contribution is 2.47. The van der Waals surface area contributed by atoms with Crippen LogP contribution in [0.5, 0.6) is 0 Å². The summed E-state index contributed by atoms with van der Waals surface area (Å²) in [5.41, 5.74) is 0. The summed E-state index contributed by atoms with van der Waals surface area (Å²) in [4.78, 5) is 0. The Morgan fingerprint density at radius 2 is 1.50 bits per heavy atom. The first-order valence-corrected chi connectivity index (χ1v) is 6.66. The molecule has 3 aliphatic rings. The molecule has 4 unspecified atom stereocenters. The van der Waals surface area contributed by atoms with Crippen LogP contribution in [0.4, 0.5) is 0 Å². The third-order valence-corrected chi connectivity index (χ3v) is 5.10. The summed E-state index contributed by atoms with van der Waals surface area (Å²) in [6, 6.07) is 0. The fraction of sp³-hybridized carbons (Fsp3) is 1.00. The topological polar surface area (TPSA) is 12.0 Å². The Labute approximate surface area is 87.7 Å². The summed E-state index contributed by atoms with van der Waals surface area (Å²) in [7, 11) is 0. The first-order chi connectivity index (χ1) is 6.95. The first kappa shape index (κ1) is 9.21. The quantitative estimate of drug-likeness (QED) is 0.624. The van der Waals surface area contributed by atoms with E-state index < -0.39 is 0 Å².